The monoisotopic (exact) mass is 257 g/mol. The number of hydrogen-bond donors (Lipinski definition) is 0. The van der Waals surface area contributed by atoms with Crippen molar-refractivity contribution in [2.45, 2.75) is 25.9 Å². The highest BCUT2D eigenvalue weighted by molar-refractivity contribution is 7.10. The first-order valence-corrected chi connectivity index (χ1v) is 7.11. The maximum absolute atomic E-state index is 5.48. The predicted molar refractivity (Wildman–Crippen MR) is 75.0 cm³/mol. The number of nitrogens with zero attached hydrogens (tertiary/aromatic N) is 1. The Hall–Kier alpha value is -1.61. The van der Waals surface area contributed by atoms with E-state index in [9.17, 15) is 0 Å². The van der Waals surface area contributed by atoms with Gasteiger partial charge in [0.1, 0.15) is 6.61 Å². The Kier molecular flexibility index (Phi) is 3.42. The minimum absolute atomic E-state index is 0.545. The largest absolute Gasteiger partial charge is 0.391 e. The van der Waals surface area contributed by atoms with Gasteiger partial charge in [-0.05, 0) is 36.3 Å². The maximum atomic E-state index is 5.48. The summed E-state index contributed by atoms with van der Waals surface area (Å²) in [5.41, 5.74) is 3.55. The van der Waals surface area contributed by atoms with E-state index in [1.807, 2.05) is 29.5 Å². The highest BCUT2D eigenvalue weighted by atomic mass is 32.1. The molecule has 0 atom stereocenters. The molecule has 0 amide bonds. The highest BCUT2D eigenvalue weighted by Gasteiger charge is 2.16. The van der Waals surface area contributed by atoms with Crippen LogP contribution in [0.3, 0.4) is 0 Å². The number of fused-ring (bicyclic) bond motifs is 1. The number of aryl methyl sites for hydroxylation is 1. The van der Waals surface area contributed by atoms with Gasteiger partial charge in [0.25, 0.3) is 0 Å². The van der Waals surface area contributed by atoms with Gasteiger partial charge in [0.15, 0.2) is 0 Å². The zero-order valence-corrected chi connectivity index (χ0v) is 11.0. The summed E-state index contributed by atoms with van der Waals surface area (Å²) in [5, 5.41) is 6.46. The van der Waals surface area contributed by atoms with Gasteiger partial charge < -0.3 is 4.84 Å². The Bertz CT molecular complexity index is 545. The molecule has 3 rings (SSSR count). The molecule has 18 heavy (non-hydrogen) atoms. The van der Waals surface area contributed by atoms with E-state index in [2.05, 4.69) is 28.7 Å². The second kappa shape index (κ2) is 5.36. The van der Waals surface area contributed by atoms with Crippen LogP contribution in [0.15, 0.2) is 46.9 Å². The van der Waals surface area contributed by atoms with Gasteiger partial charge in [-0.3, -0.25) is 0 Å². The Balaban J connectivity index is 1.68. The van der Waals surface area contributed by atoms with Crippen LogP contribution in [0.25, 0.3) is 0 Å². The lowest BCUT2D eigenvalue weighted by atomic mass is 9.97. The molecule has 1 aromatic carbocycles. The molecule has 0 spiro atoms. The van der Waals surface area contributed by atoms with Crippen molar-refractivity contribution in [2.24, 2.45) is 5.16 Å². The van der Waals surface area contributed by atoms with Crippen molar-refractivity contribution in [1.29, 1.82) is 0 Å². The smallest absolute Gasteiger partial charge is 0.142 e. The summed E-state index contributed by atoms with van der Waals surface area (Å²) in [6.07, 6.45) is 3.39. The Morgan fingerprint density at radius 3 is 2.89 bits per heavy atom. The topological polar surface area (TPSA) is 21.6 Å². The van der Waals surface area contributed by atoms with Crippen LogP contribution in [0.4, 0.5) is 0 Å². The number of benzene rings is 1. The Morgan fingerprint density at radius 2 is 2.00 bits per heavy atom. The van der Waals surface area contributed by atoms with Crippen LogP contribution in [0.5, 0.6) is 0 Å². The van der Waals surface area contributed by atoms with Gasteiger partial charge in [-0.1, -0.05) is 35.5 Å². The molecule has 0 saturated carbocycles. The second-order valence-electron chi connectivity index (χ2n) is 4.41. The molecular weight excluding hydrogens is 242 g/mol. The zero-order chi connectivity index (χ0) is 12.2. The molecule has 0 saturated heterocycles. The van der Waals surface area contributed by atoms with Crippen LogP contribution in [0.2, 0.25) is 0 Å². The zero-order valence-electron chi connectivity index (χ0n) is 10.1. The third-order valence-corrected chi connectivity index (χ3v) is 4.10. The van der Waals surface area contributed by atoms with E-state index < -0.39 is 0 Å². The molecule has 1 aliphatic rings. The second-order valence-corrected chi connectivity index (χ2v) is 5.41. The first-order chi connectivity index (χ1) is 8.93. The SMILES string of the molecule is c1ccc(CO/N=C2\CCCc3sccc32)cc1. The van der Waals surface area contributed by atoms with E-state index in [0.29, 0.717) is 6.61 Å². The van der Waals surface area contributed by atoms with E-state index in [-0.39, 0.29) is 0 Å². The summed E-state index contributed by atoms with van der Waals surface area (Å²) in [6, 6.07) is 12.3. The molecule has 0 fully saturated rings. The minimum atomic E-state index is 0.545. The van der Waals surface area contributed by atoms with Crippen LogP contribution in [-0.2, 0) is 17.9 Å². The Labute approximate surface area is 111 Å². The highest BCUT2D eigenvalue weighted by Crippen LogP contribution is 2.26. The van der Waals surface area contributed by atoms with Crippen molar-refractivity contribution in [3.05, 3.63) is 57.8 Å². The minimum Gasteiger partial charge on any atom is -0.391 e. The van der Waals surface area contributed by atoms with Crippen LogP contribution >= 0.6 is 11.3 Å². The van der Waals surface area contributed by atoms with Gasteiger partial charge in [0, 0.05) is 10.4 Å². The fourth-order valence-electron chi connectivity index (χ4n) is 2.20. The number of thiophene rings is 1. The van der Waals surface area contributed by atoms with Crippen molar-refractivity contribution in [2.75, 3.05) is 0 Å². The lowest BCUT2D eigenvalue weighted by Gasteiger charge is -2.13. The summed E-state index contributed by atoms with van der Waals surface area (Å²) in [6.45, 7) is 0.545. The van der Waals surface area contributed by atoms with Crippen molar-refractivity contribution in [1.82, 2.24) is 0 Å². The molecule has 0 bridgehead atoms. The van der Waals surface area contributed by atoms with Gasteiger partial charge in [-0.2, -0.15) is 0 Å². The fourth-order valence-corrected chi connectivity index (χ4v) is 3.14. The Morgan fingerprint density at radius 1 is 1.11 bits per heavy atom. The van der Waals surface area contributed by atoms with Gasteiger partial charge in [0.2, 0.25) is 0 Å². The summed E-state index contributed by atoms with van der Waals surface area (Å²) < 4.78 is 0. The third kappa shape index (κ3) is 2.46. The fraction of sp³-hybridized carbons (Fsp3) is 0.267. The van der Waals surface area contributed by atoms with E-state index in [1.54, 1.807) is 0 Å². The number of oxime groups is 1. The van der Waals surface area contributed by atoms with Crippen LogP contribution in [0.1, 0.15) is 28.8 Å². The third-order valence-electron chi connectivity index (χ3n) is 3.12. The van der Waals surface area contributed by atoms with E-state index >= 15 is 0 Å². The number of rotatable bonds is 3. The van der Waals surface area contributed by atoms with Crippen molar-refractivity contribution < 1.29 is 4.84 Å². The summed E-state index contributed by atoms with van der Waals surface area (Å²) in [4.78, 5) is 6.93. The van der Waals surface area contributed by atoms with Crippen molar-refractivity contribution in [3.8, 4) is 0 Å². The first-order valence-electron chi connectivity index (χ1n) is 6.23. The van der Waals surface area contributed by atoms with E-state index in [0.717, 1.165) is 17.7 Å². The van der Waals surface area contributed by atoms with Crippen LogP contribution in [-0.4, -0.2) is 5.71 Å². The molecule has 1 aromatic heterocycles. The predicted octanol–water partition coefficient (Wildman–Crippen LogP) is 4.01. The average Bonchev–Trinajstić information content (AvgIpc) is 2.89. The molecular formula is C15H15NOS. The summed E-state index contributed by atoms with van der Waals surface area (Å²) >= 11 is 1.82. The summed E-state index contributed by atoms with van der Waals surface area (Å²) in [7, 11) is 0. The molecule has 1 aliphatic carbocycles. The quantitative estimate of drug-likeness (QED) is 0.761. The van der Waals surface area contributed by atoms with E-state index in [1.165, 1.54) is 23.3 Å². The maximum Gasteiger partial charge on any atom is 0.142 e. The molecule has 1 heterocycles. The van der Waals surface area contributed by atoms with Gasteiger partial charge >= 0.3 is 0 Å². The lowest BCUT2D eigenvalue weighted by Crippen LogP contribution is -2.09. The summed E-state index contributed by atoms with van der Waals surface area (Å²) in [5.74, 6) is 0. The van der Waals surface area contributed by atoms with Gasteiger partial charge in [-0.15, -0.1) is 11.3 Å². The van der Waals surface area contributed by atoms with E-state index in [4.69, 9.17) is 4.84 Å². The molecule has 0 N–H and O–H groups in total. The molecule has 2 aromatic rings. The lowest BCUT2D eigenvalue weighted by molar-refractivity contribution is 0.130. The molecule has 92 valence electrons. The van der Waals surface area contributed by atoms with Gasteiger partial charge in [0.05, 0.1) is 5.71 Å². The van der Waals surface area contributed by atoms with Crippen LogP contribution in [0, 0.1) is 0 Å². The molecule has 2 nitrogen and oxygen atoms in total. The molecule has 0 unspecified atom stereocenters. The van der Waals surface area contributed by atoms with Crippen LogP contribution < -0.4 is 0 Å². The standard InChI is InChI=1S/C15H15NOS/c1-2-5-12(6-3-1)11-17-16-14-7-4-8-15-13(14)9-10-18-15/h1-3,5-6,9-10H,4,7-8,11H2/b16-14+. The molecule has 3 heteroatoms. The van der Waals surface area contributed by atoms with Crippen molar-refractivity contribution >= 4 is 17.0 Å². The average molecular weight is 257 g/mol. The molecule has 0 aliphatic heterocycles. The normalized spacial score (nSPS) is 16.6. The van der Waals surface area contributed by atoms with Gasteiger partial charge in [-0.25, -0.2) is 0 Å². The van der Waals surface area contributed by atoms with Crippen molar-refractivity contribution in [3.63, 3.8) is 0 Å². The molecule has 0 radical (unpaired) electrons. The first kappa shape index (κ1) is 11.5. The number of hydrogen-bond acceptors (Lipinski definition) is 3.